The third kappa shape index (κ3) is 4.78. The Morgan fingerprint density at radius 2 is 0.962 bits per heavy atom. The molecule has 0 aliphatic heterocycles. The van der Waals surface area contributed by atoms with Crippen LogP contribution >= 0.6 is 11.3 Å². The first-order chi connectivity index (χ1) is 26.3. The second-order valence-electron chi connectivity index (χ2n) is 13.8. The molecule has 0 unspecified atom stereocenters. The summed E-state index contributed by atoms with van der Waals surface area (Å²) in [6.07, 6.45) is 0. The molecule has 11 aromatic rings. The lowest BCUT2D eigenvalue weighted by Crippen LogP contribution is -2.09. The number of thiophene rings is 1. The smallest absolute Gasteiger partial charge is 0.0561 e. The Kier molecular flexibility index (Phi) is 6.76. The first-order valence-corrected chi connectivity index (χ1v) is 18.9. The number of aromatic nitrogens is 1. The van der Waals surface area contributed by atoms with Gasteiger partial charge in [-0.3, -0.25) is 0 Å². The van der Waals surface area contributed by atoms with Crippen molar-refractivity contribution >= 4 is 91.9 Å². The van der Waals surface area contributed by atoms with Crippen molar-refractivity contribution in [1.82, 2.24) is 4.57 Å². The fourth-order valence-corrected chi connectivity index (χ4v) is 9.51. The van der Waals surface area contributed by atoms with Crippen LogP contribution in [0.1, 0.15) is 0 Å². The molecule has 0 spiro atoms. The van der Waals surface area contributed by atoms with Crippen LogP contribution in [-0.4, -0.2) is 4.57 Å². The Hall–Kier alpha value is -6.68. The molecule has 53 heavy (non-hydrogen) atoms. The molecule has 0 aliphatic carbocycles. The average Bonchev–Trinajstić information content (AvgIpc) is 3.78. The van der Waals surface area contributed by atoms with E-state index in [1.807, 2.05) is 11.3 Å². The van der Waals surface area contributed by atoms with Gasteiger partial charge in [0.2, 0.25) is 0 Å². The van der Waals surface area contributed by atoms with Gasteiger partial charge >= 0.3 is 0 Å². The summed E-state index contributed by atoms with van der Waals surface area (Å²) in [7, 11) is 0. The summed E-state index contributed by atoms with van der Waals surface area (Å²) in [5.41, 5.74) is 9.45. The van der Waals surface area contributed by atoms with Crippen molar-refractivity contribution in [1.29, 1.82) is 0 Å². The maximum Gasteiger partial charge on any atom is 0.0561 e. The van der Waals surface area contributed by atoms with E-state index >= 15 is 0 Å². The highest BCUT2D eigenvalue weighted by atomic mass is 32.1. The summed E-state index contributed by atoms with van der Waals surface area (Å²) in [5, 5.41) is 10.1. The lowest BCUT2D eigenvalue weighted by molar-refractivity contribution is 1.20. The molecule has 2 heterocycles. The number of anilines is 3. The van der Waals surface area contributed by atoms with Crippen molar-refractivity contribution in [3.8, 4) is 16.8 Å². The van der Waals surface area contributed by atoms with Gasteiger partial charge in [-0.25, -0.2) is 0 Å². The molecule has 2 aromatic heterocycles. The van der Waals surface area contributed by atoms with Gasteiger partial charge in [0.25, 0.3) is 0 Å². The van der Waals surface area contributed by atoms with E-state index in [4.69, 9.17) is 0 Å². The first kappa shape index (κ1) is 30.0. The molecule has 11 rings (SSSR count). The topological polar surface area (TPSA) is 8.17 Å². The van der Waals surface area contributed by atoms with E-state index in [2.05, 4.69) is 204 Å². The summed E-state index contributed by atoms with van der Waals surface area (Å²) in [6.45, 7) is 0. The minimum absolute atomic E-state index is 1.12. The van der Waals surface area contributed by atoms with Crippen LogP contribution in [0, 0.1) is 0 Å². The van der Waals surface area contributed by atoms with Crippen LogP contribution in [0.2, 0.25) is 0 Å². The maximum atomic E-state index is 2.48. The Morgan fingerprint density at radius 3 is 1.72 bits per heavy atom. The van der Waals surface area contributed by atoms with Gasteiger partial charge in [0.05, 0.1) is 16.7 Å². The Balaban J connectivity index is 1.14. The van der Waals surface area contributed by atoms with Crippen molar-refractivity contribution in [3.63, 3.8) is 0 Å². The van der Waals surface area contributed by atoms with Crippen molar-refractivity contribution in [2.75, 3.05) is 4.90 Å². The predicted molar refractivity (Wildman–Crippen MR) is 229 cm³/mol. The first-order valence-electron chi connectivity index (χ1n) is 18.1. The van der Waals surface area contributed by atoms with E-state index in [0.29, 0.717) is 0 Å². The van der Waals surface area contributed by atoms with Gasteiger partial charge in [-0.05, 0) is 99.4 Å². The quantitative estimate of drug-likeness (QED) is 0.174. The molecular formula is C50H32N2S. The predicted octanol–water partition coefficient (Wildman–Crippen LogP) is 14.6. The second-order valence-corrected chi connectivity index (χ2v) is 14.8. The minimum atomic E-state index is 1.12. The zero-order valence-corrected chi connectivity index (χ0v) is 29.6. The van der Waals surface area contributed by atoms with Crippen molar-refractivity contribution in [3.05, 3.63) is 194 Å². The molecule has 0 amide bonds. The zero-order valence-electron chi connectivity index (χ0n) is 28.8. The Bertz CT molecular complexity index is 3120. The third-order valence-electron chi connectivity index (χ3n) is 10.7. The number of fused-ring (bicyclic) bond motifs is 9. The van der Waals surface area contributed by atoms with Gasteiger partial charge in [0, 0.05) is 48.0 Å². The molecule has 248 valence electrons. The molecule has 3 heteroatoms. The van der Waals surface area contributed by atoms with E-state index in [-0.39, 0.29) is 0 Å². The van der Waals surface area contributed by atoms with Gasteiger partial charge in [-0.2, -0.15) is 0 Å². The van der Waals surface area contributed by atoms with Gasteiger partial charge in [0.1, 0.15) is 0 Å². The van der Waals surface area contributed by atoms with Crippen molar-refractivity contribution in [2.24, 2.45) is 0 Å². The van der Waals surface area contributed by atoms with Crippen molar-refractivity contribution in [2.45, 2.75) is 0 Å². The number of nitrogens with zero attached hydrogens (tertiary/aromatic N) is 2. The Labute approximate surface area is 311 Å². The van der Waals surface area contributed by atoms with Gasteiger partial charge in [0.15, 0.2) is 0 Å². The number of benzene rings is 9. The molecule has 0 N–H and O–H groups in total. The Morgan fingerprint density at radius 1 is 0.377 bits per heavy atom. The molecule has 0 saturated carbocycles. The summed E-state index contributed by atoms with van der Waals surface area (Å²) < 4.78 is 5.08. The van der Waals surface area contributed by atoms with Crippen LogP contribution in [0.5, 0.6) is 0 Å². The zero-order chi connectivity index (χ0) is 34.9. The number of para-hydroxylation sites is 3. The SMILES string of the molecule is c1ccc(N(c2ccc(-c3ccc4ccccc4c3)cc2)c2ccc3sc4c5ccccc5cc(-n5c6ccccc6c6ccccc65)c4c3c2)cc1. The third-order valence-corrected chi connectivity index (χ3v) is 11.9. The van der Waals surface area contributed by atoms with E-state index < -0.39 is 0 Å². The molecule has 9 aromatic carbocycles. The van der Waals surface area contributed by atoms with Crippen LogP contribution in [0.15, 0.2) is 194 Å². The van der Waals surface area contributed by atoms with Crippen LogP contribution in [0.3, 0.4) is 0 Å². The summed E-state index contributed by atoms with van der Waals surface area (Å²) in [5.74, 6) is 0. The summed E-state index contributed by atoms with van der Waals surface area (Å²) >= 11 is 1.89. The number of hydrogen-bond donors (Lipinski definition) is 0. The highest BCUT2D eigenvalue weighted by molar-refractivity contribution is 7.26. The average molecular weight is 693 g/mol. The standard InChI is InChI=1S/C50H32N2S/c1-2-15-38(16-3-1)51(39-26-24-34(25-27-39)36-23-22-33-12-4-5-13-35(33)30-36)40-28-29-48-44(32-40)49-47(31-37-14-6-7-17-41(37)50(49)53-48)52-45-20-10-8-18-42(45)43-19-9-11-21-46(43)52/h1-32H. The summed E-state index contributed by atoms with van der Waals surface area (Å²) in [6, 6.07) is 70.9. The highest BCUT2D eigenvalue weighted by Crippen LogP contribution is 2.46. The minimum Gasteiger partial charge on any atom is -0.310 e. The van der Waals surface area contributed by atoms with E-state index in [1.165, 1.54) is 80.3 Å². The van der Waals surface area contributed by atoms with E-state index in [1.54, 1.807) is 0 Å². The van der Waals surface area contributed by atoms with Crippen LogP contribution < -0.4 is 4.90 Å². The molecular weight excluding hydrogens is 661 g/mol. The van der Waals surface area contributed by atoms with E-state index in [9.17, 15) is 0 Å². The van der Waals surface area contributed by atoms with Gasteiger partial charge in [-0.1, -0.05) is 127 Å². The largest absolute Gasteiger partial charge is 0.310 e. The van der Waals surface area contributed by atoms with Crippen LogP contribution in [0.4, 0.5) is 17.1 Å². The second kappa shape index (κ2) is 11.9. The van der Waals surface area contributed by atoms with Crippen LogP contribution in [-0.2, 0) is 0 Å². The normalized spacial score (nSPS) is 11.8. The lowest BCUT2D eigenvalue weighted by Gasteiger charge is -2.26. The molecule has 0 aliphatic rings. The number of rotatable bonds is 5. The highest BCUT2D eigenvalue weighted by Gasteiger charge is 2.21. The molecule has 0 radical (unpaired) electrons. The van der Waals surface area contributed by atoms with Gasteiger partial charge < -0.3 is 9.47 Å². The number of hydrogen-bond acceptors (Lipinski definition) is 2. The van der Waals surface area contributed by atoms with E-state index in [0.717, 1.165) is 17.1 Å². The fourth-order valence-electron chi connectivity index (χ4n) is 8.27. The molecule has 0 saturated heterocycles. The lowest BCUT2D eigenvalue weighted by atomic mass is 10.0. The van der Waals surface area contributed by atoms with Crippen LogP contribution in [0.25, 0.3) is 80.3 Å². The summed E-state index contributed by atoms with van der Waals surface area (Å²) in [4.78, 5) is 2.38. The maximum absolute atomic E-state index is 2.48. The fraction of sp³-hybridized carbons (Fsp3) is 0. The molecule has 0 bridgehead atoms. The molecule has 0 atom stereocenters. The van der Waals surface area contributed by atoms with Crippen molar-refractivity contribution < 1.29 is 0 Å². The molecule has 0 fully saturated rings. The molecule has 2 nitrogen and oxygen atoms in total. The van der Waals surface area contributed by atoms with Gasteiger partial charge in [-0.15, -0.1) is 11.3 Å². The monoisotopic (exact) mass is 692 g/mol.